The molecule has 2 rings (SSSR count). The second-order valence-corrected chi connectivity index (χ2v) is 5.91. The van der Waals surface area contributed by atoms with Gasteiger partial charge in [-0.05, 0) is 67.5 Å². The lowest BCUT2D eigenvalue weighted by Crippen LogP contribution is -2.44. The highest BCUT2D eigenvalue weighted by Gasteiger charge is 2.18. The molecule has 0 aliphatic carbocycles. The van der Waals surface area contributed by atoms with E-state index in [1.165, 1.54) is 0 Å². The van der Waals surface area contributed by atoms with Crippen molar-refractivity contribution in [3.8, 4) is 0 Å². The molecule has 2 amide bonds. The molecule has 1 aliphatic heterocycles. The molecule has 19 heavy (non-hydrogen) atoms. The van der Waals surface area contributed by atoms with Crippen LogP contribution in [0.3, 0.4) is 0 Å². The van der Waals surface area contributed by atoms with Crippen molar-refractivity contribution in [2.45, 2.75) is 25.8 Å². The molecular weight excluding hydrogens is 306 g/mol. The quantitative estimate of drug-likeness (QED) is 0.878. The Hall–Kier alpha value is -1.07. The molecule has 0 atom stereocenters. The van der Waals surface area contributed by atoms with Crippen LogP contribution in [0.4, 0.5) is 10.5 Å². The van der Waals surface area contributed by atoms with Gasteiger partial charge in [0, 0.05) is 10.5 Å². The molecule has 1 aromatic carbocycles. The van der Waals surface area contributed by atoms with Crippen molar-refractivity contribution in [3.05, 3.63) is 28.2 Å². The number of carbonyl (C=O) groups is 1. The molecule has 0 unspecified atom stereocenters. The van der Waals surface area contributed by atoms with Crippen LogP contribution in [0.1, 0.15) is 18.4 Å². The first-order valence-electron chi connectivity index (χ1n) is 6.57. The summed E-state index contributed by atoms with van der Waals surface area (Å²) in [5, 5.41) is 5.94. The van der Waals surface area contributed by atoms with E-state index in [0.29, 0.717) is 0 Å². The Kier molecular flexibility index (Phi) is 4.82. The number of hydrogen-bond donors (Lipinski definition) is 2. The number of rotatable bonds is 2. The molecule has 104 valence electrons. The molecule has 0 saturated carbocycles. The van der Waals surface area contributed by atoms with Gasteiger partial charge in [-0.1, -0.05) is 12.1 Å². The molecule has 0 radical (unpaired) electrons. The zero-order valence-electron chi connectivity index (χ0n) is 11.4. The number of anilines is 1. The third kappa shape index (κ3) is 3.94. The molecule has 5 heteroatoms. The van der Waals surface area contributed by atoms with Crippen LogP contribution in [0.5, 0.6) is 0 Å². The van der Waals surface area contributed by atoms with E-state index in [1.54, 1.807) is 0 Å². The van der Waals surface area contributed by atoms with Crippen molar-refractivity contribution in [1.29, 1.82) is 0 Å². The zero-order chi connectivity index (χ0) is 13.8. The monoisotopic (exact) mass is 325 g/mol. The Bertz CT molecular complexity index is 456. The second-order valence-electron chi connectivity index (χ2n) is 5.11. The molecule has 1 heterocycles. The number of hydrogen-bond acceptors (Lipinski definition) is 2. The van der Waals surface area contributed by atoms with E-state index in [4.69, 9.17) is 0 Å². The van der Waals surface area contributed by atoms with Crippen molar-refractivity contribution in [2.75, 3.05) is 25.5 Å². The maximum Gasteiger partial charge on any atom is 0.319 e. The number of piperidine rings is 1. The minimum atomic E-state index is -0.124. The van der Waals surface area contributed by atoms with Crippen LogP contribution < -0.4 is 10.6 Å². The van der Waals surface area contributed by atoms with E-state index in [1.807, 2.05) is 25.1 Å². The number of nitrogens with zero attached hydrogens (tertiary/aromatic N) is 1. The fourth-order valence-corrected chi connectivity index (χ4v) is 2.60. The predicted octanol–water partition coefficient (Wildman–Crippen LogP) is 2.97. The number of urea groups is 1. The number of benzene rings is 1. The molecule has 1 saturated heterocycles. The van der Waals surface area contributed by atoms with Crippen LogP contribution in [0.25, 0.3) is 0 Å². The van der Waals surface area contributed by atoms with E-state index >= 15 is 0 Å². The number of likely N-dealkylation sites (tertiary alicyclic amines) is 1. The maximum absolute atomic E-state index is 12.0. The molecule has 4 nitrogen and oxygen atoms in total. The lowest BCUT2D eigenvalue weighted by Gasteiger charge is -2.29. The van der Waals surface area contributed by atoms with Gasteiger partial charge in [-0.3, -0.25) is 0 Å². The van der Waals surface area contributed by atoms with Crippen LogP contribution in [-0.4, -0.2) is 37.1 Å². The molecule has 1 aromatic rings. The van der Waals surface area contributed by atoms with Gasteiger partial charge in [-0.25, -0.2) is 4.79 Å². The number of carbonyl (C=O) groups excluding carboxylic acids is 1. The van der Waals surface area contributed by atoms with Gasteiger partial charge in [0.1, 0.15) is 0 Å². The number of halogens is 1. The summed E-state index contributed by atoms with van der Waals surface area (Å²) >= 11 is 3.49. The van der Waals surface area contributed by atoms with Crippen molar-refractivity contribution in [2.24, 2.45) is 0 Å². The standard InChI is InChI=1S/C14H20BrN3O/c1-10-4-3-5-12(13(10)15)17-14(19)16-11-6-8-18(2)9-7-11/h3-5,11H,6-9H2,1-2H3,(H2,16,17,19). The Morgan fingerprint density at radius 1 is 1.37 bits per heavy atom. The highest BCUT2D eigenvalue weighted by Crippen LogP contribution is 2.25. The van der Waals surface area contributed by atoms with Gasteiger partial charge in [-0.2, -0.15) is 0 Å². The predicted molar refractivity (Wildman–Crippen MR) is 81.6 cm³/mol. The van der Waals surface area contributed by atoms with Crippen molar-refractivity contribution in [1.82, 2.24) is 10.2 Å². The maximum atomic E-state index is 12.0. The Labute approximate surface area is 122 Å². The first kappa shape index (κ1) is 14.3. The summed E-state index contributed by atoms with van der Waals surface area (Å²) in [7, 11) is 2.11. The summed E-state index contributed by atoms with van der Waals surface area (Å²) in [6.45, 7) is 4.09. The smallest absolute Gasteiger partial charge is 0.319 e. The van der Waals surface area contributed by atoms with Gasteiger partial charge in [0.05, 0.1) is 5.69 Å². The van der Waals surface area contributed by atoms with Crippen LogP contribution in [0, 0.1) is 6.92 Å². The summed E-state index contributed by atoms with van der Waals surface area (Å²) < 4.78 is 0.938. The molecule has 1 fully saturated rings. The van der Waals surface area contributed by atoms with Gasteiger partial charge in [0.2, 0.25) is 0 Å². The topological polar surface area (TPSA) is 44.4 Å². The van der Waals surface area contributed by atoms with Crippen LogP contribution in [-0.2, 0) is 0 Å². The largest absolute Gasteiger partial charge is 0.335 e. The van der Waals surface area contributed by atoms with Crippen molar-refractivity contribution in [3.63, 3.8) is 0 Å². The third-order valence-corrected chi connectivity index (χ3v) is 4.55. The lowest BCUT2D eigenvalue weighted by atomic mass is 10.1. The summed E-state index contributed by atoms with van der Waals surface area (Å²) in [5.74, 6) is 0. The van der Waals surface area contributed by atoms with E-state index in [-0.39, 0.29) is 12.1 Å². The number of aryl methyl sites for hydroxylation is 1. The summed E-state index contributed by atoms with van der Waals surface area (Å²) in [5.41, 5.74) is 1.92. The minimum absolute atomic E-state index is 0.124. The highest BCUT2D eigenvalue weighted by atomic mass is 79.9. The molecule has 1 aliphatic rings. The van der Waals surface area contributed by atoms with Gasteiger partial charge in [0.15, 0.2) is 0 Å². The molecule has 0 spiro atoms. The Morgan fingerprint density at radius 3 is 2.74 bits per heavy atom. The van der Waals surface area contributed by atoms with Crippen LogP contribution in [0.15, 0.2) is 22.7 Å². The summed E-state index contributed by atoms with van der Waals surface area (Å²) in [4.78, 5) is 14.3. The van der Waals surface area contributed by atoms with E-state index in [2.05, 4.69) is 38.5 Å². The fraction of sp³-hybridized carbons (Fsp3) is 0.500. The van der Waals surface area contributed by atoms with Crippen molar-refractivity contribution < 1.29 is 4.79 Å². The summed E-state index contributed by atoms with van der Waals surface area (Å²) in [6, 6.07) is 5.99. The van der Waals surface area contributed by atoms with Gasteiger partial charge >= 0.3 is 6.03 Å². The molecule has 0 aromatic heterocycles. The Morgan fingerprint density at radius 2 is 2.05 bits per heavy atom. The highest BCUT2D eigenvalue weighted by molar-refractivity contribution is 9.10. The first-order valence-corrected chi connectivity index (χ1v) is 7.36. The number of amides is 2. The lowest BCUT2D eigenvalue weighted by molar-refractivity contribution is 0.221. The van der Waals surface area contributed by atoms with E-state index in [0.717, 1.165) is 41.7 Å². The van der Waals surface area contributed by atoms with E-state index < -0.39 is 0 Å². The van der Waals surface area contributed by atoms with Gasteiger partial charge in [-0.15, -0.1) is 0 Å². The van der Waals surface area contributed by atoms with Crippen LogP contribution in [0.2, 0.25) is 0 Å². The number of nitrogens with one attached hydrogen (secondary N) is 2. The Balaban J connectivity index is 1.89. The van der Waals surface area contributed by atoms with Gasteiger partial charge < -0.3 is 15.5 Å². The molecule has 2 N–H and O–H groups in total. The first-order chi connectivity index (χ1) is 9.06. The average molecular weight is 326 g/mol. The van der Waals surface area contributed by atoms with E-state index in [9.17, 15) is 4.79 Å². The van der Waals surface area contributed by atoms with Crippen molar-refractivity contribution >= 4 is 27.6 Å². The SMILES string of the molecule is Cc1cccc(NC(=O)NC2CCN(C)CC2)c1Br. The second kappa shape index (κ2) is 6.39. The normalized spacial score (nSPS) is 17.2. The van der Waals surface area contributed by atoms with Crippen LogP contribution >= 0.6 is 15.9 Å². The zero-order valence-corrected chi connectivity index (χ0v) is 13.0. The molecule has 0 bridgehead atoms. The van der Waals surface area contributed by atoms with Gasteiger partial charge in [0.25, 0.3) is 0 Å². The minimum Gasteiger partial charge on any atom is -0.335 e. The average Bonchev–Trinajstić information content (AvgIpc) is 2.38. The molecular formula is C14H20BrN3O. The third-order valence-electron chi connectivity index (χ3n) is 3.49. The fourth-order valence-electron chi connectivity index (χ4n) is 2.24. The summed E-state index contributed by atoms with van der Waals surface area (Å²) in [6.07, 6.45) is 2.03.